The van der Waals surface area contributed by atoms with Crippen LogP contribution in [0.1, 0.15) is 23.4 Å². The van der Waals surface area contributed by atoms with Crippen molar-refractivity contribution >= 4 is 0 Å². The Hall–Kier alpha value is -1.81. The van der Waals surface area contributed by atoms with Crippen LogP contribution in [0, 0.1) is 6.92 Å². The Morgan fingerprint density at radius 3 is 3.05 bits per heavy atom. The number of methoxy groups -OCH3 is 1. The van der Waals surface area contributed by atoms with E-state index < -0.39 is 0 Å². The summed E-state index contributed by atoms with van der Waals surface area (Å²) in [6.07, 6.45) is 2.96. The molecule has 1 aliphatic carbocycles. The molecule has 1 heterocycles. The van der Waals surface area contributed by atoms with Crippen LogP contribution >= 0.6 is 0 Å². The lowest BCUT2D eigenvalue weighted by Crippen LogP contribution is -2.28. The van der Waals surface area contributed by atoms with E-state index in [1.807, 2.05) is 22.9 Å². The zero-order valence-electron chi connectivity index (χ0n) is 11.4. The predicted molar refractivity (Wildman–Crippen MR) is 74.9 cm³/mol. The Bertz CT molecular complexity index is 603. The average Bonchev–Trinajstić information content (AvgIpc) is 2.76. The molecular formula is C15H19N3O. The van der Waals surface area contributed by atoms with E-state index in [9.17, 15) is 0 Å². The molecule has 0 amide bonds. The number of ether oxygens (including phenoxy) is 1. The fourth-order valence-corrected chi connectivity index (χ4v) is 2.77. The minimum absolute atomic E-state index is 0.272. The molecule has 1 aliphatic rings. The summed E-state index contributed by atoms with van der Waals surface area (Å²) < 4.78 is 7.32. The minimum Gasteiger partial charge on any atom is -0.497 e. The molecule has 0 fully saturated rings. The first kappa shape index (κ1) is 12.2. The quantitative estimate of drug-likeness (QED) is 0.895. The van der Waals surface area contributed by atoms with Crippen LogP contribution in [-0.2, 0) is 12.8 Å². The van der Waals surface area contributed by atoms with Crippen LogP contribution < -0.4 is 10.5 Å². The van der Waals surface area contributed by atoms with Gasteiger partial charge >= 0.3 is 0 Å². The lowest BCUT2D eigenvalue weighted by Gasteiger charge is -2.19. The SMILES string of the molecule is COc1cccc(-n2nc(C)c3c2CCC(N)C3)c1. The highest BCUT2D eigenvalue weighted by molar-refractivity contribution is 5.43. The smallest absolute Gasteiger partial charge is 0.121 e. The molecule has 0 spiro atoms. The van der Waals surface area contributed by atoms with Gasteiger partial charge in [-0.3, -0.25) is 0 Å². The van der Waals surface area contributed by atoms with Gasteiger partial charge in [0.05, 0.1) is 18.5 Å². The lowest BCUT2D eigenvalue weighted by molar-refractivity contribution is 0.414. The Balaban J connectivity index is 2.08. The number of hydrogen-bond acceptors (Lipinski definition) is 3. The monoisotopic (exact) mass is 257 g/mol. The number of rotatable bonds is 2. The molecule has 4 heteroatoms. The first-order chi connectivity index (χ1) is 9.19. The van der Waals surface area contributed by atoms with Gasteiger partial charge in [0.15, 0.2) is 0 Å². The first-order valence-electron chi connectivity index (χ1n) is 6.66. The number of fused-ring (bicyclic) bond motifs is 1. The molecule has 0 radical (unpaired) electrons. The van der Waals surface area contributed by atoms with Gasteiger partial charge in [0.1, 0.15) is 5.75 Å². The number of benzene rings is 1. The van der Waals surface area contributed by atoms with E-state index in [4.69, 9.17) is 10.5 Å². The molecular weight excluding hydrogens is 238 g/mol. The van der Waals surface area contributed by atoms with Crippen LogP contribution in [0.25, 0.3) is 5.69 Å². The summed E-state index contributed by atoms with van der Waals surface area (Å²) in [6.45, 7) is 2.06. The second-order valence-corrected chi connectivity index (χ2v) is 5.13. The fraction of sp³-hybridized carbons (Fsp3) is 0.400. The van der Waals surface area contributed by atoms with Crippen LogP contribution in [-0.4, -0.2) is 22.9 Å². The van der Waals surface area contributed by atoms with Crippen molar-refractivity contribution in [2.75, 3.05) is 7.11 Å². The third-order valence-electron chi connectivity index (χ3n) is 3.81. The van der Waals surface area contributed by atoms with E-state index in [1.165, 1.54) is 11.3 Å². The number of hydrogen-bond donors (Lipinski definition) is 1. The zero-order valence-corrected chi connectivity index (χ0v) is 11.4. The van der Waals surface area contributed by atoms with Crippen LogP contribution in [0.3, 0.4) is 0 Å². The van der Waals surface area contributed by atoms with E-state index in [1.54, 1.807) is 7.11 Å². The molecule has 2 aromatic rings. The van der Waals surface area contributed by atoms with Crippen LogP contribution in [0.2, 0.25) is 0 Å². The van der Waals surface area contributed by atoms with Crippen LogP contribution in [0.4, 0.5) is 0 Å². The topological polar surface area (TPSA) is 53.1 Å². The van der Waals surface area contributed by atoms with Gasteiger partial charge in [-0.25, -0.2) is 4.68 Å². The fourth-order valence-electron chi connectivity index (χ4n) is 2.77. The lowest BCUT2D eigenvalue weighted by atomic mass is 9.92. The number of aryl methyl sites for hydroxylation is 1. The Morgan fingerprint density at radius 2 is 2.26 bits per heavy atom. The summed E-state index contributed by atoms with van der Waals surface area (Å²) in [5.74, 6) is 0.854. The Labute approximate surface area is 113 Å². The highest BCUT2D eigenvalue weighted by Crippen LogP contribution is 2.27. The number of nitrogens with two attached hydrogens (primary N) is 1. The standard InChI is InChI=1S/C15H19N3O/c1-10-14-8-11(16)6-7-15(14)18(17-10)12-4-3-5-13(9-12)19-2/h3-5,9,11H,6-8,16H2,1-2H3. The Morgan fingerprint density at radius 1 is 1.42 bits per heavy atom. The molecule has 1 atom stereocenters. The predicted octanol–water partition coefficient (Wildman–Crippen LogP) is 2.01. The van der Waals surface area contributed by atoms with Crippen molar-refractivity contribution in [3.8, 4) is 11.4 Å². The molecule has 0 saturated heterocycles. The van der Waals surface area contributed by atoms with Gasteiger partial charge in [-0.15, -0.1) is 0 Å². The molecule has 2 N–H and O–H groups in total. The molecule has 100 valence electrons. The Kier molecular flexibility index (Phi) is 3.03. The van der Waals surface area contributed by atoms with Gasteiger partial charge in [0, 0.05) is 17.8 Å². The van der Waals surface area contributed by atoms with E-state index in [0.29, 0.717) is 0 Å². The molecule has 19 heavy (non-hydrogen) atoms. The number of nitrogens with zero attached hydrogens (tertiary/aromatic N) is 2. The van der Waals surface area contributed by atoms with E-state index in [-0.39, 0.29) is 6.04 Å². The second-order valence-electron chi connectivity index (χ2n) is 5.13. The van der Waals surface area contributed by atoms with Gasteiger partial charge in [0.2, 0.25) is 0 Å². The number of aromatic nitrogens is 2. The van der Waals surface area contributed by atoms with Crippen molar-refractivity contribution in [1.82, 2.24) is 9.78 Å². The van der Waals surface area contributed by atoms with Gasteiger partial charge < -0.3 is 10.5 Å². The van der Waals surface area contributed by atoms with Crippen molar-refractivity contribution in [2.24, 2.45) is 5.73 Å². The van der Waals surface area contributed by atoms with E-state index >= 15 is 0 Å². The summed E-state index contributed by atoms with van der Waals surface area (Å²) in [5, 5.41) is 4.68. The van der Waals surface area contributed by atoms with Crippen molar-refractivity contribution < 1.29 is 4.74 Å². The molecule has 0 aliphatic heterocycles. The molecule has 0 bridgehead atoms. The summed E-state index contributed by atoms with van der Waals surface area (Å²) in [4.78, 5) is 0. The highest BCUT2D eigenvalue weighted by atomic mass is 16.5. The average molecular weight is 257 g/mol. The van der Waals surface area contributed by atoms with Crippen molar-refractivity contribution in [1.29, 1.82) is 0 Å². The van der Waals surface area contributed by atoms with Gasteiger partial charge in [-0.2, -0.15) is 5.10 Å². The minimum atomic E-state index is 0.272. The maximum atomic E-state index is 6.06. The maximum absolute atomic E-state index is 6.06. The summed E-state index contributed by atoms with van der Waals surface area (Å²) in [7, 11) is 1.68. The molecule has 0 saturated carbocycles. The van der Waals surface area contributed by atoms with Crippen LogP contribution in [0.15, 0.2) is 24.3 Å². The second kappa shape index (κ2) is 4.70. The van der Waals surface area contributed by atoms with Crippen LogP contribution in [0.5, 0.6) is 5.75 Å². The third kappa shape index (κ3) is 2.12. The zero-order chi connectivity index (χ0) is 13.4. The van der Waals surface area contributed by atoms with Gasteiger partial charge in [-0.1, -0.05) is 6.07 Å². The summed E-state index contributed by atoms with van der Waals surface area (Å²) >= 11 is 0. The van der Waals surface area contributed by atoms with Gasteiger partial charge in [-0.05, 0) is 43.9 Å². The third-order valence-corrected chi connectivity index (χ3v) is 3.81. The van der Waals surface area contributed by atoms with Gasteiger partial charge in [0.25, 0.3) is 0 Å². The molecule has 1 unspecified atom stereocenters. The maximum Gasteiger partial charge on any atom is 0.121 e. The molecule has 3 rings (SSSR count). The molecule has 1 aromatic carbocycles. The van der Waals surface area contributed by atoms with E-state index in [2.05, 4.69) is 18.1 Å². The first-order valence-corrected chi connectivity index (χ1v) is 6.66. The normalized spacial score (nSPS) is 18.2. The van der Waals surface area contributed by atoms with Crippen molar-refractivity contribution in [3.63, 3.8) is 0 Å². The largest absolute Gasteiger partial charge is 0.497 e. The van der Waals surface area contributed by atoms with Crippen molar-refractivity contribution in [2.45, 2.75) is 32.2 Å². The highest BCUT2D eigenvalue weighted by Gasteiger charge is 2.23. The molecule has 4 nitrogen and oxygen atoms in total. The summed E-state index contributed by atoms with van der Waals surface area (Å²) in [6, 6.07) is 8.29. The van der Waals surface area contributed by atoms with E-state index in [0.717, 1.165) is 36.4 Å². The molecule has 1 aromatic heterocycles. The van der Waals surface area contributed by atoms with Crippen molar-refractivity contribution in [3.05, 3.63) is 41.2 Å². The summed E-state index contributed by atoms with van der Waals surface area (Å²) in [5.41, 5.74) is 10.8.